The Kier molecular flexibility index (Phi) is 4.71. The van der Waals surface area contributed by atoms with Gasteiger partial charge >= 0.3 is 5.97 Å². The minimum atomic E-state index is -0.583. The Balaban J connectivity index is 1.82. The van der Waals surface area contributed by atoms with Gasteiger partial charge in [0.05, 0.1) is 19.9 Å². The number of nitrogens with zero attached hydrogens (tertiary/aromatic N) is 2. The third-order valence-electron chi connectivity index (χ3n) is 3.61. The second-order valence-corrected chi connectivity index (χ2v) is 6.06. The fourth-order valence-corrected chi connectivity index (χ4v) is 3.26. The highest BCUT2D eigenvalue weighted by Crippen LogP contribution is 2.25. The molecule has 0 saturated heterocycles. The summed E-state index contributed by atoms with van der Waals surface area (Å²) in [7, 11) is 2.97. The summed E-state index contributed by atoms with van der Waals surface area (Å²) in [5.74, 6) is 0.308. The molecule has 0 aliphatic heterocycles. The first-order valence-electron chi connectivity index (χ1n) is 7.39. The van der Waals surface area contributed by atoms with E-state index in [4.69, 9.17) is 14.2 Å². The van der Waals surface area contributed by atoms with E-state index in [1.807, 2.05) is 12.3 Å². The molecule has 0 amide bonds. The number of esters is 1. The van der Waals surface area contributed by atoms with E-state index in [0.717, 1.165) is 5.69 Å². The van der Waals surface area contributed by atoms with Gasteiger partial charge in [0.15, 0.2) is 4.96 Å². The van der Waals surface area contributed by atoms with Gasteiger partial charge in [-0.05, 0) is 25.1 Å². The van der Waals surface area contributed by atoms with Gasteiger partial charge in [0, 0.05) is 17.1 Å². The summed E-state index contributed by atoms with van der Waals surface area (Å²) < 4.78 is 17.1. The molecule has 1 aromatic carbocycles. The standard InChI is InChI=1S/C17H16N2O5S/c1-10-9-25-17-18-11(6-15(20)19(10)17)8-24-16(21)13-7-12(22-2)4-5-14(13)23-3/h4-7,9H,8H2,1-3H3. The van der Waals surface area contributed by atoms with Crippen LogP contribution in [0, 0.1) is 6.92 Å². The van der Waals surface area contributed by atoms with Crippen molar-refractivity contribution in [1.29, 1.82) is 0 Å². The summed E-state index contributed by atoms with van der Waals surface area (Å²) in [6, 6.07) is 6.21. The van der Waals surface area contributed by atoms with Crippen LogP contribution in [-0.2, 0) is 11.3 Å². The molecule has 0 unspecified atom stereocenters. The van der Waals surface area contributed by atoms with E-state index in [9.17, 15) is 9.59 Å². The smallest absolute Gasteiger partial charge is 0.342 e. The number of benzene rings is 1. The number of hydrogen-bond donors (Lipinski definition) is 0. The number of thiazole rings is 1. The Morgan fingerprint density at radius 1 is 1.24 bits per heavy atom. The number of carbonyl (C=O) groups excluding carboxylic acids is 1. The number of aromatic nitrogens is 2. The van der Waals surface area contributed by atoms with Crippen LogP contribution in [0.2, 0.25) is 0 Å². The highest BCUT2D eigenvalue weighted by atomic mass is 32.1. The van der Waals surface area contributed by atoms with Crippen LogP contribution in [0.4, 0.5) is 0 Å². The maximum Gasteiger partial charge on any atom is 0.342 e. The first-order chi connectivity index (χ1) is 12.0. The van der Waals surface area contributed by atoms with E-state index >= 15 is 0 Å². The molecular formula is C17H16N2O5S. The van der Waals surface area contributed by atoms with Gasteiger partial charge in [-0.25, -0.2) is 9.78 Å². The lowest BCUT2D eigenvalue weighted by atomic mass is 10.2. The van der Waals surface area contributed by atoms with E-state index in [1.165, 1.54) is 42.1 Å². The number of methoxy groups -OCH3 is 2. The Morgan fingerprint density at radius 3 is 2.76 bits per heavy atom. The normalized spacial score (nSPS) is 10.7. The lowest BCUT2D eigenvalue weighted by molar-refractivity contribution is 0.0463. The summed E-state index contributed by atoms with van der Waals surface area (Å²) in [5, 5.41) is 1.85. The number of hydrogen-bond acceptors (Lipinski definition) is 7. The predicted molar refractivity (Wildman–Crippen MR) is 92.7 cm³/mol. The summed E-state index contributed by atoms with van der Waals surface area (Å²) in [6.45, 7) is 1.73. The Morgan fingerprint density at radius 2 is 2.04 bits per heavy atom. The first-order valence-corrected chi connectivity index (χ1v) is 8.27. The van der Waals surface area contributed by atoms with Crippen LogP contribution in [0.1, 0.15) is 21.7 Å². The van der Waals surface area contributed by atoms with Crippen LogP contribution in [0.5, 0.6) is 11.5 Å². The van der Waals surface area contributed by atoms with Crippen LogP contribution >= 0.6 is 11.3 Å². The van der Waals surface area contributed by atoms with E-state index in [0.29, 0.717) is 22.2 Å². The van der Waals surface area contributed by atoms with Gasteiger partial charge in [0.1, 0.15) is 23.7 Å². The Hall–Kier alpha value is -2.87. The molecule has 130 valence electrons. The highest BCUT2D eigenvalue weighted by molar-refractivity contribution is 7.15. The quantitative estimate of drug-likeness (QED) is 0.650. The van der Waals surface area contributed by atoms with E-state index in [-0.39, 0.29) is 17.7 Å². The third-order valence-corrected chi connectivity index (χ3v) is 4.55. The van der Waals surface area contributed by atoms with Crippen molar-refractivity contribution >= 4 is 22.3 Å². The summed E-state index contributed by atoms with van der Waals surface area (Å²) in [5.41, 5.74) is 1.25. The number of aryl methyl sites for hydroxylation is 1. The van der Waals surface area contributed by atoms with Crippen LogP contribution in [0.3, 0.4) is 0 Å². The van der Waals surface area contributed by atoms with Crippen LogP contribution in [0.25, 0.3) is 4.96 Å². The fourth-order valence-electron chi connectivity index (χ4n) is 2.37. The molecule has 0 spiro atoms. The number of fused-ring (bicyclic) bond motifs is 1. The molecular weight excluding hydrogens is 344 g/mol. The first kappa shape index (κ1) is 17.0. The predicted octanol–water partition coefficient (Wildman–Crippen LogP) is 2.44. The van der Waals surface area contributed by atoms with Crippen molar-refractivity contribution in [2.24, 2.45) is 0 Å². The average molecular weight is 360 g/mol. The maximum absolute atomic E-state index is 12.4. The maximum atomic E-state index is 12.4. The van der Waals surface area contributed by atoms with Gasteiger partial charge < -0.3 is 14.2 Å². The molecule has 0 saturated carbocycles. The minimum absolute atomic E-state index is 0.109. The van der Waals surface area contributed by atoms with Crippen molar-refractivity contribution in [2.75, 3.05) is 14.2 Å². The molecule has 8 heteroatoms. The van der Waals surface area contributed by atoms with Crippen molar-refractivity contribution in [2.45, 2.75) is 13.5 Å². The summed E-state index contributed by atoms with van der Waals surface area (Å²) in [4.78, 5) is 29.4. The molecule has 7 nitrogen and oxygen atoms in total. The highest BCUT2D eigenvalue weighted by Gasteiger charge is 2.16. The van der Waals surface area contributed by atoms with Crippen molar-refractivity contribution in [1.82, 2.24) is 9.38 Å². The molecule has 2 aromatic heterocycles. The van der Waals surface area contributed by atoms with Gasteiger partial charge in [0.2, 0.25) is 0 Å². The molecule has 2 heterocycles. The lowest BCUT2D eigenvalue weighted by Gasteiger charge is -2.10. The SMILES string of the molecule is COc1ccc(OC)c(C(=O)OCc2cc(=O)n3c(C)csc3n2)c1. The van der Waals surface area contributed by atoms with E-state index in [1.54, 1.807) is 12.1 Å². The van der Waals surface area contributed by atoms with Crippen molar-refractivity contribution < 1.29 is 19.0 Å². The van der Waals surface area contributed by atoms with Crippen molar-refractivity contribution in [3.8, 4) is 11.5 Å². The molecule has 0 bridgehead atoms. The van der Waals surface area contributed by atoms with Crippen LogP contribution in [-0.4, -0.2) is 29.6 Å². The second kappa shape index (κ2) is 6.94. The van der Waals surface area contributed by atoms with Gasteiger partial charge in [-0.3, -0.25) is 9.20 Å². The fraction of sp³-hybridized carbons (Fsp3) is 0.235. The van der Waals surface area contributed by atoms with E-state index in [2.05, 4.69) is 4.98 Å². The largest absolute Gasteiger partial charge is 0.497 e. The van der Waals surface area contributed by atoms with E-state index < -0.39 is 5.97 Å². The van der Waals surface area contributed by atoms with Gasteiger partial charge in [-0.1, -0.05) is 0 Å². The van der Waals surface area contributed by atoms with Gasteiger partial charge in [-0.15, -0.1) is 11.3 Å². The lowest BCUT2D eigenvalue weighted by Crippen LogP contribution is -2.16. The molecule has 3 aromatic rings. The average Bonchev–Trinajstić information content (AvgIpc) is 3.00. The number of carbonyl (C=O) groups is 1. The van der Waals surface area contributed by atoms with Gasteiger partial charge in [0.25, 0.3) is 5.56 Å². The molecule has 0 aliphatic rings. The van der Waals surface area contributed by atoms with Crippen molar-refractivity contribution in [3.63, 3.8) is 0 Å². The zero-order valence-corrected chi connectivity index (χ0v) is 14.8. The Bertz CT molecular complexity index is 992. The second-order valence-electron chi connectivity index (χ2n) is 5.22. The van der Waals surface area contributed by atoms with Gasteiger partial charge in [-0.2, -0.15) is 0 Å². The molecule has 0 radical (unpaired) electrons. The monoisotopic (exact) mass is 360 g/mol. The molecule has 25 heavy (non-hydrogen) atoms. The molecule has 0 N–H and O–H groups in total. The van der Waals surface area contributed by atoms with Crippen molar-refractivity contribution in [3.05, 3.63) is 57.0 Å². The Labute approximate surface area is 147 Å². The minimum Gasteiger partial charge on any atom is -0.497 e. The van der Waals surface area contributed by atoms with Crippen LogP contribution in [0.15, 0.2) is 34.4 Å². The third kappa shape index (κ3) is 3.34. The molecule has 0 atom stereocenters. The van der Waals surface area contributed by atoms with Crippen LogP contribution < -0.4 is 15.0 Å². The number of rotatable bonds is 5. The number of ether oxygens (including phenoxy) is 3. The zero-order valence-electron chi connectivity index (χ0n) is 13.9. The molecule has 3 rings (SSSR count). The molecule has 0 aliphatic carbocycles. The topological polar surface area (TPSA) is 79.1 Å². The summed E-state index contributed by atoms with van der Waals surface area (Å²) >= 11 is 1.36. The molecule has 0 fully saturated rings. The summed E-state index contributed by atoms with van der Waals surface area (Å²) in [6.07, 6.45) is 0. The zero-order chi connectivity index (χ0) is 18.0.